The summed E-state index contributed by atoms with van der Waals surface area (Å²) < 4.78 is 5.58. The first-order valence-corrected chi connectivity index (χ1v) is 9.13. The smallest absolute Gasteiger partial charge is 0.0922 e. The molecule has 3 aromatic rings. The number of fused-ring (bicyclic) bond motifs is 7. The quantitative estimate of drug-likeness (QED) is 0.601. The molecule has 3 atom stereocenters. The molecule has 5 rings (SSSR count). The molecular weight excluding hydrogens is 308 g/mol. The summed E-state index contributed by atoms with van der Waals surface area (Å²) in [5.41, 5.74) is 2.41. The molecule has 0 amide bonds. The molecule has 1 unspecified atom stereocenters. The lowest BCUT2D eigenvalue weighted by atomic mass is 9.68. The minimum Gasteiger partial charge on any atom is -0.501 e. The van der Waals surface area contributed by atoms with Crippen LogP contribution in [0.25, 0.3) is 21.5 Å². The zero-order valence-electron chi connectivity index (χ0n) is 14.4. The second-order valence-corrected chi connectivity index (χ2v) is 7.37. The van der Waals surface area contributed by atoms with Crippen molar-refractivity contribution in [2.45, 2.75) is 31.3 Å². The van der Waals surface area contributed by atoms with E-state index in [1.807, 2.05) is 0 Å². The average Bonchev–Trinajstić information content (AvgIpc) is 2.67. The minimum absolute atomic E-state index is 0.330. The van der Waals surface area contributed by atoms with E-state index in [1.165, 1.54) is 27.1 Å². The van der Waals surface area contributed by atoms with Crippen molar-refractivity contribution in [1.29, 1.82) is 0 Å². The maximum absolute atomic E-state index is 10.8. The van der Waals surface area contributed by atoms with E-state index < -0.39 is 0 Å². The van der Waals surface area contributed by atoms with E-state index in [2.05, 4.69) is 54.6 Å². The third kappa shape index (κ3) is 2.21. The van der Waals surface area contributed by atoms with Crippen LogP contribution in [0.4, 0.5) is 0 Å². The van der Waals surface area contributed by atoms with Gasteiger partial charge in [0.05, 0.1) is 19.0 Å². The van der Waals surface area contributed by atoms with Crippen LogP contribution in [-0.2, 0) is 4.74 Å². The normalized spacial score (nSPS) is 25.4. The molecule has 0 spiro atoms. The van der Waals surface area contributed by atoms with Crippen LogP contribution in [0.3, 0.4) is 0 Å². The van der Waals surface area contributed by atoms with E-state index in [4.69, 9.17) is 4.74 Å². The Balaban J connectivity index is 1.89. The van der Waals surface area contributed by atoms with Gasteiger partial charge in [0.1, 0.15) is 0 Å². The number of aliphatic hydroxyl groups excluding tert-OH is 1. The van der Waals surface area contributed by atoms with Gasteiger partial charge in [-0.25, -0.2) is 0 Å². The molecule has 0 radical (unpaired) electrons. The fourth-order valence-electron chi connectivity index (χ4n) is 4.89. The van der Waals surface area contributed by atoms with Crippen molar-refractivity contribution in [3.63, 3.8) is 0 Å². The van der Waals surface area contributed by atoms with Crippen LogP contribution >= 0.6 is 0 Å². The number of rotatable bonds is 1. The molecule has 2 nitrogen and oxygen atoms in total. The summed E-state index contributed by atoms with van der Waals surface area (Å²) in [4.78, 5) is 0. The highest BCUT2D eigenvalue weighted by atomic mass is 16.5. The third-order valence-corrected chi connectivity index (χ3v) is 6.10. The van der Waals surface area contributed by atoms with Gasteiger partial charge in [-0.3, -0.25) is 0 Å². The van der Waals surface area contributed by atoms with Gasteiger partial charge < -0.3 is 9.84 Å². The molecule has 0 bridgehead atoms. The number of aliphatic hydroxyl groups is 1. The Morgan fingerprint density at radius 3 is 2.68 bits per heavy atom. The molecule has 2 aliphatic carbocycles. The molecule has 2 aliphatic rings. The molecule has 0 fully saturated rings. The largest absolute Gasteiger partial charge is 0.501 e. The lowest BCUT2D eigenvalue weighted by molar-refractivity contribution is 0.116. The molecule has 25 heavy (non-hydrogen) atoms. The summed E-state index contributed by atoms with van der Waals surface area (Å²) in [6.07, 6.45) is 4.85. The van der Waals surface area contributed by atoms with Gasteiger partial charge in [-0.2, -0.15) is 0 Å². The van der Waals surface area contributed by atoms with Gasteiger partial charge >= 0.3 is 0 Å². The number of allylic oxidation sites excluding steroid dienone is 2. The van der Waals surface area contributed by atoms with Crippen LogP contribution in [0.15, 0.2) is 60.4 Å². The van der Waals surface area contributed by atoms with E-state index in [1.54, 1.807) is 7.11 Å². The summed E-state index contributed by atoms with van der Waals surface area (Å²) in [5, 5.41) is 15.9. The first kappa shape index (κ1) is 15.0. The fourth-order valence-corrected chi connectivity index (χ4v) is 4.89. The topological polar surface area (TPSA) is 29.5 Å². The van der Waals surface area contributed by atoms with E-state index in [9.17, 15) is 5.11 Å². The number of methoxy groups -OCH3 is 1. The highest BCUT2D eigenvalue weighted by molar-refractivity contribution is 6.10. The molecule has 0 saturated carbocycles. The Kier molecular flexibility index (Phi) is 3.36. The van der Waals surface area contributed by atoms with Gasteiger partial charge in [0.2, 0.25) is 0 Å². The first-order valence-electron chi connectivity index (χ1n) is 9.13. The van der Waals surface area contributed by atoms with Crippen LogP contribution in [0.1, 0.15) is 42.4 Å². The number of hydrogen-bond donors (Lipinski definition) is 1. The highest BCUT2D eigenvalue weighted by Crippen LogP contribution is 2.50. The molecule has 0 aromatic heterocycles. The maximum atomic E-state index is 10.8. The Morgan fingerprint density at radius 1 is 1.00 bits per heavy atom. The van der Waals surface area contributed by atoms with Gasteiger partial charge in [-0.1, -0.05) is 48.5 Å². The van der Waals surface area contributed by atoms with Crippen molar-refractivity contribution in [1.82, 2.24) is 0 Å². The Hall–Kier alpha value is -2.32. The van der Waals surface area contributed by atoms with Crippen LogP contribution < -0.4 is 0 Å². The second-order valence-electron chi connectivity index (χ2n) is 7.37. The van der Waals surface area contributed by atoms with Gasteiger partial charge in [0, 0.05) is 12.3 Å². The predicted molar refractivity (Wildman–Crippen MR) is 102 cm³/mol. The molecular formula is C23H22O2. The van der Waals surface area contributed by atoms with E-state index in [-0.39, 0.29) is 6.10 Å². The molecule has 3 aromatic carbocycles. The lowest BCUT2D eigenvalue weighted by Gasteiger charge is -2.38. The molecule has 0 saturated heterocycles. The van der Waals surface area contributed by atoms with Crippen LogP contribution in [0, 0.1) is 5.92 Å². The van der Waals surface area contributed by atoms with Gasteiger partial charge in [-0.15, -0.1) is 0 Å². The number of ether oxygens (including phenoxy) is 1. The SMILES string of the molecule is COC1=C[C@@H]2c3c(ccc4ccc5ccccc5c34)C(O)C[C@@H]2CC1. The standard InChI is InChI=1S/C23H22O2/c1-25-17-10-8-16-12-21(24)19-11-9-15-7-6-14-4-2-3-5-18(14)22(15)23(19)20(16)13-17/h2-7,9,11,13,16,20-21,24H,8,10,12H2,1H3/t16-,20-,21?/m0/s1. The van der Waals surface area contributed by atoms with Gasteiger partial charge in [0.25, 0.3) is 0 Å². The molecule has 0 heterocycles. The Bertz CT molecular complexity index is 1000. The third-order valence-electron chi connectivity index (χ3n) is 6.10. The predicted octanol–water partition coefficient (Wildman–Crippen LogP) is 5.45. The monoisotopic (exact) mass is 330 g/mol. The lowest BCUT2D eigenvalue weighted by Crippen LogP contribution is -2.26. The van der Waals surface area contributed by atoms with Crippen molar-refractivity contribution < 1.29 is 9.84 Å². The van der Waals surface area contributed by atoms with Gasteiger partial charge in [-0.05, 0) is 57.5 Å². The van der Waals surface area contributed by atoms with E-state index >= 15 is 0 Å². The van der Waals surface area contributed by atoms with Crippen molar-refractivity contribution in [2.75, 3.05) is 7.11 Å². The molecule has 1 N–H and O–H groups in total. The van der Waals surface area contributed by atoms with Crippen molar-refractivity contribution in [3.8, 4) is 0 Å². The molecule has 126 valence electrons. The fraction of sp³-hybridized carbons (Fsp3) is 0.304. The van der Waals surface area contributed by atoms with Crippen LogP contribution in [0.2, 0.25) is 0 Å². The molecule has 0 aliphatic heterocycles. The highest BCUT2D eigenvalue weighted by Gasteiger charge is 2.37. The minimum atomic E-state index is -0.364. The zero-order chi connectivity index (χ0) is 17.0. The van der Waals surface area contributed by atoms with Crippen molar-refractivity contribution >= 4 is 21.5 Å². The van der Waals surface area contributed by atoms with Crippen LogP contribution in [-0.4, -0.2) is 12.2 Å². The zero-order valence-corrected chi connectivity index (χ0v) is 14.4. The van der Waals surface area contributed by atoms with Crippen molar-refractivity contribution in [3.05, 3.63) is 71.5 Å². The van der Waals surface area contributed by atoms with Crippen LogP contribution in [0.5, 0.6) is 0 Å². The maximum Gasteiger partial charge on any atom is 0.0922 e. The summed E-state index contributed by atoms with van der Waals surface area (Å²) in [6, 6.07) is 17.3. The van der Waals surface area contributed by atoms with Crippen molar-refractivity contribution in [2.24, 2.45) is 5.92 Å². The summed E-state index contributed by atoms with van der Waals surface area (Å²) in [6.45, 7) is 0. The summed E-state index contributed by atoms with van der Waals surface area (Å²) in [7, 11) is 1.77. The van der Waals surface area contributed by atoms with E-state index in [0.29, 0.717) is 11.8 Å². The van der Waals surface area contributed by atoms with Gasteiger partial charge in [0.15, 0.2) is 0 Å². The summed E-state index contributed by atoms with van der Waals surface area (Å²) >= 11 is 0. The number of hydrogen-bond acceptors (Lipinski definition) is 2. The Morgan fingerprint density at radius 2 is 1.80 bits per heavy atom. The number of benzene rings is 3. The Labute approximate surface area is 147 Å². The second kappa shape index (κ2) is 5.60. The summed E-state index contributed by atoms with van der Waals surface area (Å²) in [5.74, 6) is 1.91. The first-order chi connectivity index (χ1) is 12.3. The van der Waals surface area contributed by atoms with E-state index in [0.717, 1.165) is 30.6 Å². The molecule has 2 heteroatoms. The average molecular weight is 330 g/mol.